The Kier molecular flexibility index (Phi) is 9.86. The number of hydrogen-bond donors (Lipinski definition) is 0. The molecule has 0 aromatic heterocycles. The second-order valence-corrected chi connectivity index (χ2v) is 5.05. The Morgan fingerprint density at radius 2 is 1.83 bits per heavy atom. The molecule has 0 spiro atoms. The Morgan fingerprint density at radius 3 is 2.42 bits per heavy atom. The molecule has 1 heteroatoms. The van der Waals surface area contributed by atoms with Crippen LogP contribution in [0.5, 0.6) is 0 Å². The van der Waals surface area contributed by atoms with Gasteiger partial charge in [0.1, 0.15) is 0 Å². The molecule has 0 saturated carbocycles. The Bertz CT molecular complexity index is 81.1. The van der Waals surface area contributed by atoms with Crippen molar-refractivity contribution in [3.8, 4) is 0 Å². The van der Waals surface area contributed by atoms with E-state index in [-0.39, 0.29) is 0 Å². The molecular weight excluding hydrogens is 163 g/mol. The van der Waals surface area contributed by atoms with Gasteiger partial charge in [0.25, 0.3) is 0 Å². The highest BCUT2D eigenvalue weighted by atomic mass is 31.1. The topological polar surface area (TPSA) is 0 Å². The normalized spacial score (nSPS) is 14.2. The molecule has 0 aliphatic rings. The van der Waals surface area contributed by atoms with E-state index in [1.54, 1.807) is 0 Å². The van der Waals surface area contributed by atoms with Crippen LogP contribution in [0.3, 0.4) is 0 Å². The number of rotatable bonds is 8. The third-order valence-corrected chi connectivity index (χ3v) is 3.26. The fourth-order valence-electron chi connectivity index (χ4n) is 1.61. The molecule has 2 atom stereocenters. The first-order chi connectivity index (χ1) is 5.81. The molecule has 0 amide bonds. The second-order valence-electron chi connectivity index (χ2n) is 3.85. The van der Waals surface area contributed by atoms with Crippen LogP contribution >= 0.6 is 8.58 Å². The molecule has 0 heterocycles. The summed E-state index contributed by atoms with van der Waals surface area (Å²) in [6.45, 7) is 6.99. The minimum absolute atomic E-state index is 0.971. The molecule has 0 fully saturated rings. The standard InChI is InChI=1S/C11H25P/c1-4-8-11(2)9-6-5-7-10-12-3/h11-12H,4-10H2,1-3H3. The van der Waals surface area contributed by atoms with Crippen molar-refractivity contribution in [3.63, 3.8) is 0 Å². The highest BCUT2D eigenvalue weighted by molar-refractivity contribution is 7.36. The van der Waals surface area contributed by atoms with Crippen molar-refractivity contribution in [2.24, 2.45) is 5.92 Å². The molecule has 0 nitrogen and oxygen atoms in total. The van der Waals surface area contributed by atoms with Crippen LogP contribution in [0.2, 0.25) is 0 Å². The highest BCUT2D eigenvalue weighted by Gasteiger charge is 1.99. The molecule has 0 aliphatic carbocycles. The predicted molar refractivity (Wildman–Crippen MR) is 61.6 cm³/mol. The molecular formula is C11H25P. The van der Waals surface area contributed by atoms with Crippen LogP contribution in [0.15, 0.2) is 0 Å². The Balaban J connectivity index is 2.97. The van der Waals surface area contributed by atoms with E-state index in [1.165, 1.54) is 44.7 Å². The highest BCUT2D eigenvalue weighted by Crippen LogP contribution is 2.15. The fraction of sp³-hybridized carbons (Fsp3) is 1.00. The molecule has 0 saturated heterocycles. The van der Waals surface area contributed by atoms with Gasteiger partial charge in [0.2, 0.25) is 0 Å². The smallest absolute Gasteiger partial charge is 0.0356 e. The van der Waals surface area contributed by atoms with E-state index < -0.39 is 0 Å². The summed E-state index contributed by atoms with van der Waals surface area (Å²) in [6.07, 6.45) is 10.1. The van der Waals surface area contributed by atoms with Crippen molar-refractivity contribution in [2.45, 2.75) is 52.4 Å². The van der Waals surface area contributed by atoms with Crippen molar-refractivity contribution < 1.29 is 0 Å². The Morgan fingerprint density at radius 1 is 1.08 bits per heavy atom. The summed E-state index contributed by atoms with van der Waals surface area (Å²) in [4.78, 5) is 0. The quantitative estimate of drug-likeness (QED) is 0.393. The number of unbranched alkanes of at least 4 members (excludes halogenated alkanes) is 2. The van der Waals surface area contributed by atoms with Gasteiger partial charge in [-0.2, -0.15) is 0 Å². The lowest BCUT2D eigenvalue weighted by Crippen LogP contribution is -1.93. The van der Waals surface area contributed by atoms with Crippen LogP contribution in [-0.4, -0.2) is 12.8 Å². The summed E-state index contributed by atoms with van der Waals surface area (Å²) in [6, 6.07) is 0. The molecule has 0 aromatic rings. The monoisotopic (exact) mass is 188 g/mol. The van der Waals surface area contributed by atoms with Gasteiger partial charge in [-0.3, -0.25) is 0 Å². The lowest BCUT2D eigenvalue weighted by atomic mass is 9.99. The second kappa shape index (κ2) is 9.52. The molecule has 74 valence electrons. The van der Waals surface area contributed by atoms with Crippen LogP contribution in [0.25, 0.3) is 0 Å². The first-order valence-electron chi connectivity index (χ1n) is 5.45. The van der Waals surface area contributed by atoms with E-state index in [4.69, 9.17) is 0 Å². The van der Waals surface area contributed by atoms with Crippen LogP contribution in [0, 0.1) is 5.92 Å². The van der Waals surface area contributed by atoms with Crippen LogP contribution in [-0.2, 0) is 0 Å². The van der Waals surface area contributed by atoms with Gasteiger partial charge in [-0.1, -0.05) is 46.0 Å². The minimum Gasteiger partial charge on any atom is -0.125 e. The third kappa shape index (κ3) is 8.53. The van der Waals surface area contributed by atoms with E-state index in [0.29, 0.717) is 0 Å². The summed E-state index contributed by atoms with van der Waals surface area (Å²) in [7, 11) is 1.16. The van der Waals surface area contributed by atoms with E-state index >= 15 is 0 Å². The van der Waals surface area contributed by atoms with E-state index in [0.717, 1.165) is 14.5 Å². The summed E-state index contributed by atoms with van der Waals surface area (Å²) in [5.41, 5.74) is 0. The van der Waals surface area contributed by atoms with E-state index in [2.05, 4.69) is 20.5 Å². The van der Waals surface area contributed by atoms with Crippen molar-refractivity contribution in [2.75, 3.05) is 12.8 Å². The van der Waals surface area contributed by atoms with E-state index in [9.17, 15) is 0 Å². The zero-order chi connectivity index (χ0) is 9.23. The summed E-state index contributed by atoms with van der Waals surface area (Å²) >= 11 is 0. The van der Waals surface area contributed by atoms with Crippen molar-refractivity contribution in [1.29, 1.82) is 0 Å². The van der Waals surface area contributed by atoms with Crippen LogP contribution in [0.1, 0.15) is 52.4 Å². The van der Waals surface area contributed by atoms with Crippen LogP contribution < -0.4 is 0 Å². The first-order valence-corrected chi connectivity index (χ1v) is 7.16. The zero-order valence-corrected chi connectivity index (χ0v) is 10.0. The predicted octanol–water partition coefficient (Wildman–Crippen LogP) is 4.29. The molecule has 0 aromatic carbocycles. The molecule has 2 unspecified atom stereocenters. The zero-order valence-electron chi connectivity index (χ0n) is 9.03. The molecule has 0 bridgehead atoms. The Hall–Kier alpha value is 0.430. The maximum absolute atomic E-state index is 2.39. The molecule has 0 N–H and O–H groups in total. The van der Waals surface area contributed by atoms with Crippen molar-refractivity contribution >= 4 is 8.58 Å². The maximum atomic E-state index is 2.39. The first kappa shape index (κ1) is 12.4. The lowest BCUT2D eigenvalue weighted by molar-refractivity contribution is 0.460. The third-order valence-electron chi connectivity index (χ3n) is 2.41. The van der Waals surface area contributed by atoms with Gasteiger partial charge >= 0.3 is 0 Å². The fourth-order valence-corrected chi connectivity index (χ4v) is 2.21. The molecule has 0 aliphatic heterocycles. The Labute approximate surface area is 80.3 Å². The van der Waals surface area contributed by atoms with Crippen molar-refractivity contribution in [3.05, 3.63) is 0 Å². The summed E-state index contributed by atoms with van der Waals surface area (Å²) < 4.78 is 0. The van der Waals surface area contributed by atoms with Gasteiger partial charge in [0.15, 0.2) is 0 Å². The van der Waals surface area contributed by atoms with Gasteiger partial charge in [-0.25, -0.2) is 0 Å². The lowest BCUT2D eigenvalue weighted by Gasteiger charge is -2.08. The van der Waals surface area contributed by atoms with Gasteiger partial charge in [0.05, 0.1) is 0 Å². The summed E-state index contributed by atoms with van der Waals surface area (Å²) in [5, 5.41) is 0. The van der Waals surface area contributed by atoms with E-state index in [1.807, 2.05) is 0 Å². The minimum atomic E-state index is 0.971. The molecule has 12 heavy (non-hydrogen) atoms. The maximum Gasteiger partial charge on any atom is -0.0356 e. The van der Waals surface area contributed by atoms with Gasteiger partial charge < -0.3 is 0 Å². The largest absolute Gasteiger partial charge is 0.125 e. The van der Waals surface area contributed by atoms with Crippen LogP contribution in [0.4, 0.5) is 0 Å². The van der Waals surface area contributed by atoms with Gasteiger partial charge in [-0.15, -0.1) is 8.58 Å². The van der Waals surface area contributed by atoms with Crippen molar-refractivity contribution in [1.82, 2.24) is 0 Å². The average Bonchev–Trinajstić information content (AvgIpc) is 2.05. The van der Waals surface area contributed by atoms with Gasteiger partial charge in [0, 0.05) is 0 Å². The van der Waals surface area contributed by atoms with Gasteiger partial charge in [-0.05, 0) is 25.2 Å². The molecule has 0 radical (unpaired) electrons. The SMILES string of the molecule is CCCC(C)CCCCCPC. The summed E-state index contributed by atoms with van der Waals surface area (Å²) in [5.74, 6) is 0.971. The number of hydrogen-bond acceptors (Lipinski definition) is 0. The molecule has 0 rings (SSSR count). The average molecular weight is 188 g/mol.